The van der Waals surface area contributed by atoms with Gasteiger partial charge in [0.15, 0.2) is 16.9 Å². The van der Waals surface area contributed by atoms with Gasteiger partial charge in [0.2, 0.25) is 0 Å². The van der Waals surface area contributed by atoms with Crippen molar-refractivity contribution in [1.29, 1.82) is 0 Å². The van der Waals surface area contributed by atoms with Crippen molar-refractivity contribution >= 4 is 21.6 Å². The second-order valence-corrected chi connectivity index (χ2v) is 5.35. The van der Waals surface area contributed by atoms with Crippen LogP contribution in [0.3, 0.4) is 0 Å². The molecule has 3 aromatic rings. The van der Waals surface area contributed by atoms with E-state index in [2.05, 4.69) is 4.98 Å². The van der Waals surface area contributed by atoms with Gasteiger partial charge in [-0.2, -0.15) is 0 Å². The number of thiophene rings is 1. The molecule has 0 aliphatic carbocycles. The van der Waals surface area contributed by atoms with Crippen molar-refractivity contribution < 1.29 is 9.47 Å². The number of rotatable bonds is 4. The van der Waals surface area contributed by atoms with Gasteiger partial charge in [0.1, 0.15) is 5.69 Å². The summed E-state index contributed by atoms with van der Waals surface area (Å²) in [4.78, 5) is 16.2. The molecular formula is C15H14N2O3S. The van der Waals surface area contributed by atoms with E-state index in [9.17, 15) is 4.79 Å². The van der Waals surface area contributed by atoms with Gasteiger partial charge in [0, 0.05) is 24.5 Å². The molecule has 3 rings (SSSR count). The number of hydrogen-bond acceptors (Lipinski definition) is 5. The van der Waals surface area contributed by atoms with Crippen molar-refractivity contribution in [1.82, 2.24) is 9.55 Å². The number of pyridine rings is 2. The lowest BCUT2D eigenvalue weighted by Crippen LogP contribution is -2.09. The molecule has 0 fully saturated rings. The first-order valence-electron chi connectivity index (χ1n) is 6.37. The predicted octanol–water partition coefficient (Wildman–Crippen LogP) is 2.52. The first-order valence-corrected chi connectivity index (χ1v) is 7.25. The van der Waals surface area contributed by atoms with E-state index in [4.69, 9.17) is 9.47 Å². The first kappa shape index (κ1) is 13.6. The van der Waals surface area contributed by atoms with Crippen molar-refractivity contribution in [2.45, 2.75) is 6.54 Å². The minimum atomic E-state index is 0.0433. The Hall–Kier alpha value is -2.34. The summed E-state index contributed by atoms with van der Waals surface area (Å²) in [5.41, 5.74) is 1.70. The van der Waals surface area contributed by atoms with Crippen molar-refractivity contribution in [3.63, 3.8) is 0 Å². The Morgan fingerprint density at radius 1 is 1.24 bits per heavy atom. The van der Waals surface area contributed by atoms with Crippen molar-refractivity contribution in [2.75, 3.05) is 14.2 Å². The monoisotopic (exact) mass is 302 g/mol. The van der Waals surface area contributed by atoms with Crippen LogP contribution < -0.4 is 14.9 Å². The van der Waals surface area contributed by atoms with Gasteiger partial charge in [-0.3, -0.25) is 9.78 Å². The summed E-state index contributed by atoms with van der Waals surface area (Å²) < 4.78 is 13.4. The maximum atomic E-state index is 11.8. The molecule has 0 aliphatic rings. The maximum Gasteiger partial charge on any atom is 0.199 e. The molecule has 108 valence electrons. The highest BCUT2D eigenvalue weighted by Gasteiger charge is 2.13. The molecule has 0 aromatic carbocycles. The zero-order chi connectivity index (χ0) is 14.8. The van der Waals surface area contributed by atoms with Gasteiger partial charge in [0.25, 0.3) is 0 Å². The third-order valence-corrected chi connectivity index (χ3v) is 4.19. The molecule has 0 atom stereocenters. The summed E-state index contributed by atoms with van der Waals surface area (Å²) in [6, 6.07) is 5.27. The summed E-state index contributed by atoms with van der Waals surface area (Å²) in [6.45, 7) is 0.508. The van der Waals surface area contributed by atoms with Crippen LogP contribution in [0, 0.1) is 0 Å². The maximum absolute atomic E-state index is 11.8. The van der Waals surface area contributed by atoms with E-state index >= 15 is 0 Å². The molecule has 3 heterocycles. The quantitative estimate of drug-likeness (QED) is 0.743. The third kappa shape index (κ3) is 2.38. The summed E-state index contributed by atoms with van der Waals surface area (Å²) in [6.07, 6.45) is 3.46. The van der Waals surface area contributed by atoms with Crippen molar-refractivity contribution in [3.8, 4) is 11.5 Å². The van der Waals surface area contributed by atoms with Crippen LogP contribution in [0.1, 0.15) is 5.69 Å². The van der Waals surface area contributed by atoms with Gasteiger partial charge in [-0.15, -0.1) is 11.3 Å². The Morgan fingerprint density at radius 2 is 2.10 bits per heavy atom. The van der Waals surface area contributed by atoms with Gasteiger partial charge in [-0.25, -0.2) is 0 Å². The molecule has 0 radical (unpaired) electrons. The van der Waals surface area contributed by atoms with E-state index < -0.39 is 0 Å². The smallest absolute Gasteiger partial charge is 0.199 e. The molecule has 3 aromatic heterocycles. The topological polar surface area (TPSA) is 53.4 Å². The fraction of sp³-hybridized carbons (Fsp3) is 0.200. The Bertz CT molecular complexity index is 838. The summed E-state index contributed by atoms with van der Waals surface area (Å²) in [5.74, 6) is 1.26. The highest BCUT2D eigenvalue weighted by molar-refractivity contribution is 7.17. The third-order valence-electron chi connectivity index (χ3n) is 3.27. The lowest BCUT2D eigenvalue weighted by Gasteiger charge is -2.13. The van der Waals surface area contributed by atoms with Crippen LogP contribution in [0.4, 0.5) is 0 Å². The molecule has 5 nitrogen and oxygen atoms in total. The predicted molar refractivity (Wildman–Crippen MR) is 82.5 cm³/mol. The van der Waals surface area contributed by atoms with E-state index in [0.717, 1.165) is 15.9 Å². The van der Waals surface area contributed by atoms with Gasteiger partial charge < -0.3 is 14.0 Å². The van der Waals surface area contributed by atoms with Gasteiger partial charge in [-0.1, -0.05) is 0 Å². The standard InChI is InChI=1S/C15H14N2O3S/c1-19-13-3-6-16-10(14(13)20-2)9-17-7-4-12(18)15-11(17)5-8-21-15/h3-8H,9H2,1-2H3. The minimum Gasteiger partial charge on any atom is -0.493 e. The molecule has 6 heteroatoms. The van der Waals surface area contributed by atoms with Crippen LogP contribution >= 0.6 is 11.3 Å². The van der Waals surface area contributed by atoms with E-state index in [1.807, 2.05) is 16.0 Å². The Labute approximate surface area is 125 Å². The summed E-state index contributed by atoms with van der Waals surface area (Å²) in [7, 11) is 3.19. The highest BCUT2D eigenvalue weighted by Crippen LogP contribution is 2.30. The molecular weight excluding hydrogens is 288 g/mol. The zero-order valence-electron chi connectivity index (χ0n) is 11.7. The van der Waals surface area contributed by atoms with Gasteiger partial charge >= 0.3 is 0 Å². The van der Waals surface area contributed by atoms with Crippen LogP contribution in [0.5, 0.6) is 11.5 Å². The molecule has 0 aliphatic heterocycles. The zero-order valence-corrected chi connectivity index (χ0v) is 12.5. The largest absolute Gasteiger partial charge is 0.493 e. The molecule has 0 saturated carbocycles. The number of ether oxygens (including phenoxy) is 2. The fourth-order valence-corrected chi connectivity index (χ4v) is 3.11. The second-order valence-electron chi connectivity index (χ2n) is 4.44. The number of nitrogens with zero attached hydrogens (tertiary/aromatic N) is 2. The van der Waals surface area contributed by atoms with E-state index in [0.29, 0.717) is 18.0 Å². The fourth-order valence-electron chi connectivity index (χ4n) is 2.29. The summed E-state index contributed by atoms with van der Waals surface area (Å²) >= 11 is 1.45. The number of aromatic nitrogens is 2. The molecule has 0 unspecified atom stereocenters. The lowest BCUT2D eigenvalue weighted by molar-refractivity contribution is 0.348. The molecule has 21 heavy (non-hydrogen) atoms. The van der Waals surface area contributed by atoms with E-state index in [1.165, 1.54) is 11.3 Å². The summed E-state index contributed by atoms with van der Waals surface area (Å²) in [5, 5.41) is 1.92. The van der Waals surface area contributed by atoms with Crippen LogP contribution in [-0.2, 0) is 6.54 Å². The van der Waals surface area contributed by atoms with Crippen molar-refractivity contribution in [3.05, 3.63) is 51.9 Å². The van der Waals surface area contributed by atoms with Gasteiger partial charge in [-0.05, 0) is 11.4 Å². The first-order chi connectivity index (χ1) is 10.2. The molecule has 0 amide bonds. The number of hydrogen-bond donors (Lipinski definition) is 0. The Balaban J connectivity index is 2.09. The number of methoxy groups -OCH3 is 2. The SMILES string of the molecule is COc1ccnc(Cn2ccc(=O)c3sccc32)c1OC. The average Bonchev–Trinajstić information content (AvgIpc) is 3.00. The van der Waals surface area contributed by atoms with Gasteiger partial charge in [0.05, 0.1) is 31.0 Å². The Kier molecular flexibility index (Phi) is 3.62. The van der Waals surface area contributed by atoms with Crippen LogP contribution in [-0.4, -0.2) is 23.8 Å². The molecule has 0 bridgehead atoms. The minimum absolute atomic E-state index is 0.0433. The van der Waals surface area contributed by atoms with E-state index in [-0.39, 0.29) is 5.43 Å². The molecule has 0 saturated heterocycles. The lowest BCUT2D eigenvalue weighted by atomic mass is 10.2. The molecule has 0 N–H and O–H groups in total. The van der Waals surface area contributed by atoms with Crippen molar-refractivity contribution in [2.24, 2.45) is 0 Å². The number of fused-ring (bicyclic) bond motifs is 1. The Morgan fingerprint density at radius 3 is 2.86 bits per heavy atom. The van der Waals surface area contributed by atoms with Crippen LogP contribution in [0.25, 0.3) is 10.2 Å². The second kappa shape index (κ2) is 5.57. The highest BCUT2D eigenvalue weighted by atomic mass is 32.1. The van der Waals surface area contributed by atoms with Crippen LogP contribution in [0.2, 0.25) is 0 Å². The normalized spacial score (nSPS) is 10.8. The average molecular weight is 302 g/mol. The van der Waals surface area contributed by atoms with E-state index in [1.54, 1.807) is 38.7 Å². The molecule has 0 spiro atoms. The van der Waals surface area contributed by atoms with Crippen LogP contribution in [0.15, 0.2) is 40.8 Å².